The minimum Gasteiger partial charge on any atom is -0.338 e. The van der Waals surface area contributed by atoms with Crippen molar-refractivity contribution >= 4 is 11.7 Å². The third-order valence-corrected chi connectivity index (χ3v) is 5.01. The summed E-state index contributed by atoms with van der Waals surface area (Å²) in [6.45, 7) is 4.40. The summed E-state index contributed by atoms with van der Waals surface area (Å²) in [6.07, 6.45) is 2.14. The monoisotopic (exact) mass is 350 g/mol. The van der Waals surface area contributed by atoms with Gasteiger partial charge in [0.15, 0.2) is 5.78 Å². The molecule has 0 aliphatic carbocycles. The largest absolute Gasteiger partial charge is 0.338 e. The fourth-order valence-electron chi connectivity index (χ4n) is 3.60. The fourth-order valence-corrected chi connectivity index (χ4v) is 3.60. The minimum atomic E-state index is -0.0993. The summed E-state index contributed by atoms with van der Waals surface area (Å²) < 4.78 is 0. The average molecular weight is 350 g/mol. The van der Waals surface area contributed by atoms with E-state index in [1.165, 1.54) is 0 Å². The van der Waals surface area contributed by atoms with Crippen LogP contribution in [0.2, 0.25) is 0 Å². The SMILES string of the molecule is CNCC1CCCN(C(=O)c2ccccc2C(=O)c2ccc(C)cc2)C1. The van der Waals surface area contributed by atoms with Crippen LogP contribution in [0.25, 0.3) is 0 Å². The predicted molar refractivity (Wildman–Crippen MR) is 104 cm³/mol. The van der Waals surface area contributed by atoms with Gasteiger partial charge in [-0.15, -0.1) is 0 Å². The zero-order valence-corrected chi connectivity index (χ0v) is 15.5. The van der Waals surface area contributed by atoms with Crippen molar-refractivity contribution in [3.8, 4) is 0 Å². The highest BCUT2D eigenvalue weighted by molar-refractivity contribution is 6.15. The molecule has 1 amide bonds. The molecule has 4 nitrogen and oxygen atoms in total. The van der Waals surface area contributed by atoms with E-state index in [9.17, 15) is 9.59 Å². The third kappa shape index (κ3) is 4.02. The van der Waals surface area contributed by atoms with Gasteiger partial charge in [-0.05, 0) is 45.3 Å². The van der Waals surface area contributed by atoms with E-state index >= 15 is 0 Å². The van der Waals surface area contributed by atoms with E-state index in [1.807, 2.05) is 55.3 Å². The number of hydrogen-bond donors (Lipinski definition) is 1. The van der Waals surface area contributed by atoms with Crippen LogP contribution in [0.4, 0.5) is 0 Å². The summed E-state index contributed by atoms with van der Waals surface area (Å²) in [5.74, 6) is 0.331. The van der Waals surface area contributed by atoms with E-state index in [2.05, 4.69) is 5.32 Å². The van der Waals surface area contributed by atoms with Crippen LogP contribution in [0.1, 0.15) is 44.7 Å². The Hall–Kier alpha value is -2.46. The molecule has 1 atom stereocenters. The van der Waals surface area contributed by atoms with Gasteiger partial charge in [-0.25, -0.2) is 0 Å². The highest BCUT2D eigenvalue weighted by Crippen LogP contribution is 2.21. The van der Waals surface area contributed by atoms with Crippen molar-refractivity contribution in [2.24, 2.45) is 5.92 Å². The molecule has 1 N–H and O–H groups in total. The lowest BCUT2D eigenvalue weighted by Gasteiger charge is -2.33. The first-order valence-corrected chi connectivity index (χ1v) is 9.24. The van der Waals surface area contributed by atoms with Gasteiger partial charge < -0.3 is 10.2 Å². The molecule has 1 saturated heterocycles. The van der Waals surface area contributed by atoms with E-state index in [-0.39, 0.29) is 11.7 Å². The summed E-state index contributed by atoms with van der Waals surface area (Å²) in [5.41, 5.74) is 2.71. The van der Waals surface area contributed by atoms with Crippen molar-refractivity contribution in [2.75, 3.05) is 26.7 Å². The maximum absolute atomic E-state index is 13.1. The van der Waals surface area contributed by atoms with Crippen molar-refractivity contribution in [3.63, 3.8) is 0 Å². The van der Waals surface area contributed by atoms with Crippen molar-refractivity contribution in [3.05, 3.63) is 70.8 Å². The van der Waals surface area contributed by atoms with Crippen molar-refractivity contribution < 1.29 is 9.59 Å². The number of amides is 1. The Kier molecular flexibility index (Phi) is 5.84. The van der Waals surface area contributed by atoms with Crippen LogP contribution in [-0.4, -0.2) is 43.3 Å². The molecule has 0 saturated carbocycles. The Morgan fingerprint density at radius 3 is 2.46 bits per heavy atom. The van der Waals surface area contributed by atoms with Crippen LogP contribution in [-0.2, 0) is 0 Å². The second-order valence-corrected chi connectivity index (χ2v) is 7.06. The van der Waals surface area contributed by atoms with Crippen LogP contribution in [0.3, 0.4) is 0 Å². The Balaban J connectivity index is 1.85. The molecule has 136 valence electrons. The molecule has 4 heteroatoms. The molecule has 26 heavy (non-hydrogen) atoms. The van der Waals surface area contributed by atoms with Gasteiger partial charge in [0.25, 0.3) is 5.91 Å². The molecule has 0 bridgehead atoms. The van der Waals surface area contributed by atoms with Gasteiger partial charge in [-0.2, -0.15) is 0 Å². The number of likely N-dealkylation sites (tertiary alicyclic amines) is 1. The zero-order valence-electron chi connectivity index (χ0n) is 15.5. The number of rotatable bonds is 5. The third-order valence-electron chi connectivity index (χ3n) is 5.01. The van der Waals surface area contributed by atoms with Crippen LogP contribution in [0.15, 0.2) is 48.5 Å². The van der Waals surface area contributed by atoms with E-state index in [1.54, 1.807) is 12.1 Å². The van der Waals surface area contributed by atoms with Crippen LogP contribution < -0.4 is 5.32 Å². The number of ketones is 1. The predicted octanol–water partition coefficient (Wildman–Crippen LogP) is 3.30. The molecule has 0 spiro atoms. The molecule has 1 heterocycles. The number of carbonyl (C=O) groups excluding carboxylic acids is 2. The molecular formula is C22H26N2O2. The second kappa shape index (κ2) is 8.28. The minimum absolute atomic E-state index is 0.0399. The van der Waals surface area contributed by atoms with Gasteiger partial charge in [0.05, 0.1) is 5.56 Å². The molecule has 1 aliphatic heterocycles. The first-order chi connectivity index (χ1) is 12.6. The molecule has 0 aromatic heterocycles. The Morgan fingerprint density at radius 1 is 1.08 bits per heavy atom. The van der Waals surface area contributed by atoms with Gasteiger partial charge >= 0.3 is 0 Å². The number of piperidine rings is 1. The first kappa shape index (κ1) is 18.3. The molecule has 0 radical (unpaired) electrons. The number of carbonyl (C=O) groups is 2. The summed E-state index contributed by atoms with van der Waals surface area (Å²) >= 11 is 0. The Bertz CT molecular complexity index is 781. The topological polar surface area (TPSA) is 49.4 Å². The highest BCUT2D eigenvalue weighted by Gasteiger charge is 2.27. The highest BCUT2D eigenvalue weighted by atomic mass is 16.2. The average Bonchev–Trinajstić information content (AvgIpc) is 2.68. The van der Waals surface area contributed by atoms with Crippen molar-refractivity contribution in [1.29, 1.82) is 0 Å². The maximum Gasteiger partial charge on any atom is 0.254 e. The molecule has 3 rings (SSSR count). The summed E-state index contributed by atoms with van der Waals surface area (Å²) in [7, 11) is 1.94. The zero-order chi connectivity index (χ0) is 18.5. The van der Waals surface area contributed by atoms with E-state index < -0.39 is 0 Å². The van der Waals surface area contributed by atoms with Crippen LogP contribution in [0.5, 0.6) is 0 Å². The summed E-state index contributed by atoms with van der Waals surface area (Å²) in [5, 5.41) is 3.20. The number of hydrogen-bond acceptors (Lipinski definition) is 3. The lowest BCUT2D eigenvalue weighted by Crippen LogP contribution is -2.42. The smallest absolute Gasteiger partial charge is 0.254 e. The molecule has 1 fully saturated rings. The lowest BCUT2D eigenvalue weighted by molar-refractivity contribution is 0.0671. The standard InChI is InChI=1S/C22H26N2O2/c1-16-9-11-18(12-10-16)21(25)19-7-3-4-8-20(19)22(26)24-13-5-6-17(15-24)14-23-2/h3-4,7-12,17,23H,5-6,13-15H2,1-2H3. The molecule has 1 aliphatic rings. The quantitative estimate of drug-likeness (QED) is 0.842. The molecule has 2 aromatic rings. The van der Waals surface area contributed by atoms with E-state index in [0.29, 0.717) is 22.6 Å². The summed E-state index contributed by atoms with van der Waals surface area (Å²) in [4.78, 5) is 28.0. The second-order valence-electron chi connectivity index (χ2n) is 7.06. The normalized spacial score (nSPS) is 17.2. The molecule has 2 aromatic carbocycles. The molecular weight excluding hydrogens is 324 g/mol. The lowest BCUT2D eigenvalue weighted by atomic mass is 9.94. The van der Waals surface area contributed by atoms with E-state index in [0.717, 1.165) is 38.0 Å². The Labute approximate surface area is 155 Å². The van der Waals surface area contributed by atoms with E-state index in [4.69, 9.17) is 0 Å². The first-order valence-electron chi connectivity index (χ1n) is 9.24. The fraction of sp³-hybridized carbons (Fsp3) is 0.364. The van der Waals surface area contributed by atoms with Crippen LogP contribution >= 0.6 is 0 Å². The van der Waals surface area contributed by atoms with Gasteiger partial charge in [0.2, 0.25) is 0 Å². The Morgan fingerprint density at radius 2 is 1.77 bits per heavy atom. The van der Waals surface area contributed by atoms with Crippen molar-refractivity contribution in [1.82, 2.24) is 10.2 Å². The van der Waals surface area contributed by atoms with Gasteiger partial charge in [0.1, 0.15) is 0 Å². The number of nitrogens with one attached hydrogen (secondary N) is 1. The number of benzene rings is 2. The summed E-state index contributed by atoms with van der Waals surface area (Å²) in [6, 6.07) is 14.7. The number of aryl methyl sites for hydroxylation is 1. The van der Waals surface area contributed by atoms with Crippen LogP contribution in [0, 0.1) is 12.8 Å². The number of nitrogens with zero attached hydrogens (tertiary/aromatic N) is 1. The van der Waals surface area contributed by atoms with Gasteiger partial charge in [0, 0.05) is 24.2 Å². The molecule has 1 unspecified atom stereocenters. The van der Waals surface area contributed by atoms with Gasteiger partial charge in [-0.3, -0.25) is 9.59 Å². The maximum atomic E-state index is 13.1. The van der Waals surface area contributed by atoms with Gasteiger partial charge in [-0.1, -0.05) is 48.0 Å². The van der Waals surface area contributed by atoms with Crippen molar-refractivity contribution in [2.45, 2.75) is 19.8 Å².